The third-order valence-electron chi connectivity index (χ3n) is 2.79. The van der Waals surface area contributed by atoms with Gasteiger partial charge in [-0.2, -0.15) is 0 Å². The Hall–Kier alpha value is -2.15. The topological polar surface area (TPSA) is 150 Å². The van der Waals surface area contributed by atoms with Crippen LogP contribution in [0.4, 0.5) is 15.6 Å². The van der Waals surface area contributed by atoms with Gasteiger partial charge in [-0.15, -0.1) is 0 Å². The second kappa shape index (κ2) is 7.00. The molecule has 0 aliphatic carbocycles. The summed E-state index contributed by atoms with van der Waals surface area (Å²) in [4.78, 5) is 29.0. The van der Waals surface area contributed by atoms with Crippen molar-refractivity contribution in [3.05, 3.63) is 75.9 Å². The van der Waals surface area contributed by atoms with Gasteiger partial charge in [0.25, 0.3) is 0 Å². The van der Waals surface area contributed by atoms with Gasteiger partial charge in [-0.25, -0.2) is 0 Å². The van der Waals surface area contributed by atoms with E-state index in [9.17, 15) is 32.1 Å². The number of hydrogen-bond donors (Lipinski definition) is 1. The van der Waals surface area contributed by atoms with Gasteiger partial charge in [0.05, 0.1) is 0 Å². The molecule has 0 saturated heterocycles. The van der Waals surface area contributed by atoms with E-state index in [0.717, 1.165) is 48.5 Å². The Labute approximate surface area is 143 Å². The quantitative estimate of drug-likeness (QED) is 0.279. The van der Waals surface area contributed by atoms with Crippen LogP contribution in [0.3, 0.4) is 0 Å². The van der Waals surface area contributed by atoms with E-state index in [1.54, 1.807) is 0 Å². The Morgan fingerprint density at radius 3 is 1.72 bits per heavy atom. The molecule has 0 spiro atoms. The zero-order valence-electron chi connectivity index (χ0n) is 12.0. The van der Waals surface area contributed by atoms with Crippen molar-refractivity contribution in [1.82, 2.24) is 0 Å². The molecular formula is C12H9FIN2O8P. The molecule has 10 nitrogen and oxygen atoms in total. The van der Waals surface area contributed by atoms with Crippen LogP contribution in [0.5, 0.6) is 0 Å². The average Bonchev–Trinajstić information content (AvgIpc) is 2.53. The van der Waals surface area contributed by atoms with Gasteiger partial charge in [0, 0.05) is 0 Å². The van der Waals surface area contributed by atoms with Crippen LogP contribution in [-0.2, 0) is 10.5 Å². The average molecular weight is 486 g/mol. The SMILES string of the molecule is O=[N+]([O-])c1cccc(I(=O)(OP(=O)(O)F)c2cccc([N+](=O)[O-])c2)c1. The van der Waals surface area contributed by atoms with Crippen molar-refractivity contribution in [2.75, 3.05) is 0 Å². The van der Waals surface area contributed by atoms with E-state index in [-0.39, 0.29) is 0 Å². The Bertz CT molecular complexity index is 885. The third kappa shape index (κ3) is 4.48. The Balaban J connectivity index is 2.71. The predicted octanol–water partition coefficient (Wildman–Crippen LogP) is 3.93. The van der Waals surface area contributed by atoms with Crippen molar-refractivity contribution in [1.29, 1.82) is 0 Å². The molecule has 0 saturated carbocycles. The first-order chi connectivity index (χ1) is 11.5. The number of benzene rings is 2. The molecule has 2 aromatic rings. The van der Waals surface area contributed by atoms with Gasteiger partial charge in [0.2, 0.25) is 0 Å². The van der Waals surface area contributed by atoms with E-state index < -0.39 is 55.1 Å². The molecule has 2 aromatic carbocycles. The van der Waals surface area contributed by atoms with Gasteiger partial charge in [-0.05, 0) is 0 Å². The summed E-state index contributed by atoms with van der Waals surface area (Å²) < 4.78 is 41.0. The summed E-state index contributed by atoms with van der Waals surface area (Å²) in [7, 11) is -5.77. The molecule has 0 amide bonds. The van der Waals surface area contributed by atoms with E-state index in [1.807, 2.05) is 0 Å². The number of nitro benzene ring substituents is 2. The molecule has 13 heteroatoms. The minimum absolute atomic E-state index is 0.395. The van der Waals surface area contributed by atoms with Crippen LogP contribution in [0.1, 0.15) is 0 Å². The molecule has 0 aromatic heterocycles. The van der Waals surface area contributed by atoms with E-state index in [0.29, 0.717) is 0 Å². The van der Waals surface area contributed by atoms with Gasteiger partial charge < -0.3 is 0 Å². The van der Waals surface area contributed by atoms with Gasteiger partial charge in [0.1, 0.15) is 0 Å². The molecule has 0 aliphatic rings. The molecular weight excluding hydrogens is 477 g/mol. The van der Waals surface area contributed by atoms with Crippen LogP contribution in [0, 0.1) is 27.4 Å². The van der Waals surface area contributed by atoms with Crippen molar-refractivity contribution >= 4 is 38.1 Å². The van der Waals surface area contributed by atoms with E-state index in [1.165, 1.54) is 0 Å². The van der Waals surface area contributed by atoms with Gasteiger partial charge in [-0.3, -0.25) is 0 Å². The summed E-state index contributed by atoms with van der Waals surface area (Å²) in [6, 6.07) is 8.17. The Morgan fingerprint density at radius 1 is 1.00 bits per heavy atom. The molecule has 1 N–H and O–H groups in total. The number of non-ortho nitro benzene ring substituents is 2. The number of hydrogen-bond acceptors (Lipinski definition) is 7. The molecule has 1 atom stereocenters. The monoisotopic (exact) mass is 486 g/mol. The van der Waals surface area contributed by atoms with Gasteiger partial charge >= 0.3 is 143 Å². The first-order valence-electron chi connectivity index (χ1n) is 6.24. The summed E-state index contributed by atoms with van der Waals surface area (Å²) >= 11 is -5.58. The molecule has 25 heavy (non-hydrogen) atoms. The molecule has 0 fully saturated rings. The number of nitro groups is 2. The first-order valence-corrected chi connectivity index (χ1v) is 11.6. The number of halogens is 2. The van der Waals surface area contributed by atoms with Crippen molar-refractivity contribution in [2.24, 2.45) is 0 Å². The summed E-state index contributed by atoms with van der Waals surface area (Å²) in [6.07, 6.45) is 0. The molecule has 134 valence electrons. The van der Waals surface area contributed by atoms with Crippen molar-refractivity contribution in [2.45, 2.75) is 0 Å². The Kier molecular flexibility index (Phi) is 5.37. The van der Waals surface area contributed by atoms with E-state index in [4.69, 9.17) is 4.89 Å². The summed E-state index contributed by atoms with van der Waals surface area (Å²) in [5, 5.41) is 21.7. The predicted molar refractivity (Wildman–Crippen MR) is 90.3 cm³/mol. The number of nitrogens with zero attached hydrogens (tertiary/aromatic N) is 2. The maximum absolute atomic E-state index is 13.2. The molecule has 1 unspecified atom stereocenters. The molecule has 0 aliphatic heterocycles. The second-order valence-electron chi connectivity index (χ2n) is 4.46. The fourth-order valence-corrected chi connectivity index (χ4v) is 9.17. The van der Waals surface area contributed by atoms with Crippen LogP contribution >= 0.6 is 26.7 Å². The normalized spacial score (nSPS) is 14.5. The zero-order chi connectivity index (χ0) is 18.8. The van der Waals surface area contributed by atoms with Crippen molar-refractivity contribution < 1.29 is 29.4 Å². The van der Waals surface area contributed by atoms with Crippen LogP contribution in [-0.4, -0.2) is 14.7 Å². The zero-order valence-corrected chi connectivity index (χ0v) is 15.1. The standard InChI is InChI=1S/C12H9FIN2O8P/c13-25(22,23)24-14(17,9-3-1-5-11(7-9)15(18)19)10-4-2-6-12(8-10)16(20)21/h1-8H,(H,22,23). The minimum atomic E-state index is -5.77. The van der Waals surface area contributed by atoms with E-state index >= 15 is 0 Å². The summed E-state index contributed by atoms with van der Waals surface area (Å²) in [5.74, 6) is 0. The van der Waals surface area contributed by atoms with Gasteiger partial charge in [-0.1, -0.05) is 0 Å². The molecule has 0 bridgehead atoms. The molecule has 0 heterocycles. The summed E-state index contributed by atoms with van der Waals surface area (Å²) in [5.41, 5.74) is -1.02. The Morgan fingerprint density at radius 2 is 1.40 bits per heavy atom. The van der Waals surface area contributed by atoms with Crippen LogP contribution in [0.25, 0.3) is 0 Å². The van der Waals surface area contributed by atoms with Crippen LogP contribution < -0.4 is 0 Å². The maximum atomic E-state index is 13.2. The molecule has 2 rings (SSSR count). The van der Waals surface area contributed by atoms with E-state index in [2.05, 4.69) is 2.85 Å². The third-order valence-corrected chi connectivity index (χ3v) is 10.9. The fourth-order valence-electron chi connectivity index (χ4n) is 1.81. The van der Waals surface area contributed by atoms with Crippen molar-refractivity contribution in [3.63, 3.8) is 0 Å². The van der Waals surface area contributed by atoms with Gasteiger partial charge in [0.15, 0.2) is 0 Å². The second-order valence-corrected chi connectivity index (χ2v) is 11.8. The van der Waals surface area contributed by atoms with Crippen molar-refractivity contribution in [3.8, 4) is 0 Å². The first kappa shape index (κ1) is 19.2. The van der Waals surface area contributed by atoms with Crippen LogP contribution in [0.2, 0.25) is 0 Å². The summed E-state index contributed by atoms with van der Waals surface area (Å²) in [6.45, 7) is 0. The molecule has 0 radical (unpaired) electrons. The van der Waals surface area contributed by atoms with Crippen LogP contribution in [0.15, 0.2) is 48.5 Å². The number of rotatable bonds is 6. The fraction of sp³-hybridized carbons (Fsp3) is 0.